The van der Waals surface area contributed by atoms with Crippen molar-refractivity contribution in [3.05, 3.63) is 65.1 Å². The van der Waals surface area contributed by atoms with Gasteiger partial charge in [-0.2, -0.15) is 0 Å². The number of nitrogens with one attached hydrogen (secondary N) is 1. The van der Waals surface area contributed by atoms with Crippen molar-refractivity contribution >= 4 is 17.4 Å². The Hall–Kier alpha value is -3.28. The Labute approximate surface area is 207 Å². The van der Waals surface area contributed by atoms with Crippen LogP contribution in [0.3, 0.4) is 0 Å². The van der Waals surface area contributed by atoms with Crippen LogP contribution in [0.25, 0.3) is 11.4 Å². The molecule has 1 aliphatic heterocycles. The van der Waals surface area contributed by atoms with E-state index in [1.807, 2.05) is 31.0 Å². The number of anilines is 2. The van der Waals surface area contributed by atoms with Gasteiger partial charge in [0, 0.05) is 40.7 Å². The van der Waals surface area contributed by atoms with E-state index in [4.69, 9.17) is 9.97 Å². The van der Waals surface area contributed by atoms with Crippen LogP contribution < -0.4 is 5.32 Å². The molecule has 3 aromatic rings. The summed E-state index contributed by atoms with van der Waals surface area (Å²) in [4.78, 5) is 29.3. The molecule has 1 aromatic carbocycles. The molecular formula is C29H33N5O. The van der Waals surface area contributed by atoms with Crippen LogP contribution in [-0.4, -0.2) is 31.8 Å². The number of pyridine rings is 1. The summed E-state index contributed by atoms with van der Waals surface area (Å²) in [7, 11) is 0. The Morgan fingerprint density at radius 2 is 1.71 bits per heavy atom. The fraction of sp³-hybridized carbons (Fsp3) is 0.448. The van der Waals surface area contributed by atoms with E-state index in [1.54, 1.807) is 0 Å². The normalized spacial score (nSPS) is 18.3. The van der Waals surface area contributed by atoms with Gasteiger partial charge in [-0.15, -0.1) is 0 Å². The topological polar surface area (TPSA) is 71.0 Å². The molecule has 2 fully saturated rings. The number of rotatable bonds is 6. The number of hydrogen-bond donors (Lipinski definition) is 1. The van der Waals surface area contributed by atoms with Crippen LogP contribution in [0.5, 0.6) is 0 Å². The average molecular weight is 468 g/mol. The highest BCUT2D eigenvalue weighted by Crippen LogP contribution is 2.40. The van der Waals surface area contributed by atoms with Gasteiger partial charge in [0.1, 0.15) is 11.5 Å². The summed E-state index contributed by atoms with van der Waals surface area (Å²) < 4.78 is 0. The van der Waals surface area contributed by atoms with Gasteiger partial charge >= 0.3 is 0 Å². The van der Waals surface area contributed by atoms with E-state index < -0.39 is 0 Å². The van der Waals surface area contributed by atoms with Gasteiger partial charge in [-0.05, 0) is 75.3 Å². The number of aromatic nitrogens is 3. The number of carbonyl (C=O) groups excluding carboxylic acids is 1. The Bertz CT molecular complexity index is 1240. The van der Waals surface area contributed by atoms with Crippen molar-refractivity contribution in [3.63, 3.8) is 0 Å². The van der Waals surface area contributed by atoms with Crippen LogP contribution in [-0.2, 0) is 6.54 Å². The van der Waals surface area contributed by atoms with Crippen molar-refractivity contribution in [2.75, 3.05) is 5.32 Å². The van der Waals surface area contributed by atoms with Crippen LogP contribution in [0.2, 0.25) is 0 Å². The maximum atomic E-state index is 13.2. The highest BCUT2D eigenvalue weighted by atomic mass is 16.2. The standard InChI is InChI=1S/C29H33N5O/c1-18(2)34-17-24-26(29(34)35)32-27(22-14-15-30-25(16-22)21-8-9-21)33-28(24)31-23-12-10-20(11-13-23)19-6-4-3-5-7-19/h10-16,18-19,21H,3-9,17H2,1-2H3,(H,31,32,33). The summed E-state index contributed by atoms with van der Waals surface area (Å²) >= 11 is 0. The largest absolute Gasteiger partial charge is 0.340 e. The van der Waals surface area contributed by atoms with E-state index in [2.05, 4.69) is 40.6 Å². The Kier molecular flexibility index (Phi) is 5.75. The Morgan fingerprint density at radius 1 is 0.943 bits per heavy atom. The first-order valence-corrected chi connectivity index (χ1v) is 13.1. The highest BCUT2D eigenvalue weighted by Gasteiger charge is 2.34. The molecule has 6 heteroatoms. The third-order valence-electron chi connectivity index (χ3n) is 7.71. The Morgan fingerprint density at radius 3 is 2.43 bits per heavy atom. The van der Waals surface area contributed by atoms with Crippen molar-refractivity contribution in [2.24, 2.45) is 0 Å². The molecule has 0 atom stereocenters. The first-order valence-electron chi connectivity index (χ1n) is 13.1. The second kappa shape index (κ2) is 9.06. The molecule has 0 spiro atoms. The third kappa shape index (κ3) is 4.42. The molecule has 6 rings (SSSR count). The molecule has 2 aliphatic carbocycles. The highest BCUT2D eigenvalue weighted by molar-refractivity contribution is 5.98. The minimum atomic E-state index is -0.0224. The maximum Gasteiger partial charge on any atom is 0.273 e. The van der Waals surface area contributed by atoms with E-state index in [-0.39, 0.29) is 11.9 Å². The lowest BCUT2D eigenvalue weighted by Gasteiger charge is -2.22. The monoisotopic (exact) mass is 467 g/mol. The number of amides is 1. The summed E-state index contributed by atoms with van der Waals surface area (Å²) in [5, 5.41) is 3.53. The molecule has 2 aromatic heterocycles. The molecule has 3 aliphatic rings. The van der Waals surface area contributed by atoms with Crippen molar-refractivity contribution < 1.29 is 4.79 Å². The smallest absolute Gasteiger partial charge is 0.273 e. The molecule has 6 nitrogen and oxygen atoms in total. The van der Waals surface area contributed by atoms with Crippen molar-refractivity contribution in [3.8, 4) is 11.4 Å². The number of hydrogen-bond acceptors (Lipinski definition) is 5. The minimum Gasteiger partial charge on any atom is -0.340 e. The number of benzene rings is 1. The lowest BCUT2D eigenvalue weighted by molar-refractivity contribution is 0.0726. The number of nitrogens with zero attached hydrogens (tertiary/aromatic N) is 4. The first kappa shape index (κ1) is 22.2. The van der Waals surface area contributed by atoms with Gasteiger partial charge in [0.2, 0.25) is 0 Å². The number of carbonyl (C=O) groups is 1. The second-order valence-corrected chi connectivity index (χ2v) is 10.6. The zero-order valence-electron chi connectivity index (χ0n) is 20.6. The average Bonchev–Trinajstić information content (AvgIpc) is 3.68. The quantitative estimate of drug-likeness (QED) is 0.444. The van der Waals surface area contributed by atoms with Crippen molar-refractivity contribution in [1.82, 2.24) is 19.9 Å². The SMILES string of the molecule is CC(C)N1Cc2c(Nc3ccc(C4CCCCC4)cc3)nc(-c3ccnc(C4CC4)c3)nc2C1=O. The molecule has 3 heterocycles. The van der Waals surface area contributed by atoms with Gasteiger partial charge in [-0.25, -0.2) is 9.97 Å². The maximum absolute atomic E-state index is 13.2. The predicted molar refractivity (Wildman–Crippen MR) is 138 cm³/mol. The van der Waals surface area contributed by atoms with Gasteiger partial charge in [-0.1, -0.05) is 31.4 Å². The fourth-order valence-electron chi connectivity index (χ4n) is 5.44. The van der Waals surface area contributed by atoms with Gasteiger partial charge in [-0.3, -0.25) is 9.78 Å². The number of fused-ring (bicyclic) bond motifs is 1. The molecule has 1 amide bonds. The molecule has 0 bridgehead atoms. The van der Waals surface area contributed by atoms with Crippen molar-refractivity contribution in [1.29, 1.82) is 0 Å². The summed E-state index contributed by atoms with van der Waals surface area (Å²) in [6.07, 6.45) is 10.8. The van der Waals surface area contributed by atoms with E-state index in [1.165, 1.54) is 50.5 Å². The fourth-order valence-corrected chi connectivity index (χ4v) is 5.44. The first-order chi connectivity index (χ1) is 17.1. The summed E-state index contributed by atoms with van der Waals surface area (Å²) in [6.45, 7) is 4.61. The predicted octanol–water partition coefficient (Wildman–Crippen LogP) is 6.57. The van der Waals surface area contributed by atoms with E-state index in [0.29, 0.717) is 29.9 Å². The van der Waals surface area contributed by atoms with Gasteiger partial charge < -0.3 is 10.2 Å². The van der Waals surface area contributed by atoms with Crippen molar-refractivity contribution in [2.45, 2.75) is 83.2 Å². The van der Waals surface area contributed by atoms with Gasteiger partial charge in [0.05, 0.1) is 6.54 Å². The van der Waals surface area contributed by atoms with Crippen LogP contribution >= 0.6 is 0 Å². The molecule has 0 unspecified atom stereocenters. The molecule has 2 saturated carbocycles. The van der Waals surface area contributed by atoms with E-state index in [9.17, 15) is 4.79 Å². The van der Waals surface area contributed by atoms with Crippen LogP contribution in [0.1, 0.15) is 97.9 Å². The molecule has 1 N–H and O–H groups in total. The Balaban J connectivity index is 1.35. The molecule has 180 valence electrons. The lowest BCUT2D eigenvalue weighted by atomic mass is 9.84. The third-order valence-corrected chi connectivity index (χ3v) is 7.71. The second-order valence-electron chi connectivity index (χ2n) is 10.6. The summed E-state index contributed by atoms with van der Waals surface area (Å²) in [5.74, 6) is 2.50. The molecule has 0 radical (unpaired) electrons. The minimum absolute atomic E-state index is 0.0224. The van der Waals surface area contributed by atoms with Crippen LogP contribution in [0, 0.1) is 0 Å². The van der Waals surface area contributed by atoms with Gasteiger partial charge in [0.15, 0.2) is 5.82 Å². The van der Waals surface area contributed by atoms with Gasteiger partial charge in [0.25, 0.3) is 5.91 Å². The van der Waals surface area contributed by atoms with Crippen LogP contribution in [0.4, 0.5) is 11.5 Å². The molecular weight excluding hydrogens is 434 g/mol. The molecule has 35 heavy (non-hydrogen) atoms. The summed E-state index contributed by atoms with van der Waals surface area (Å²) in [6, 6.07) is 12.9. The van der Waals surface area contributed by atoms with E-state index >= 15 is 0 Å². The zero-order chi connectivity index (χ0) is 23.9. The molecule has 0 saturated heterocycles. The van der Waals surface area contributed by atoms with E-state index in [0.717, 1.165) is 28.3 Å². The summed E-state index contributed by atoms with van der Waals surface area (Å²) in [5.41, 5.74) is 5.80. The lowest BCUT2D eigenvalue weighted by Crippen LogP contribution is -2.31. The van der Waals surface area contributed by atoms with Crippen LogP contribution in [0.15, 0.2) is 42.6 Å². The zero-order valence-corrected chi connectivity index (χ0v) is 20.6.